The highest BCUT2D eigenvalue weighted by molar-refractivity contribution is 5.95. The van der Waals surface area contributed by atoms with Crippen LogP contribution in [-0.4, -0.2) is 51.6 Å². The predicted octanol–water partition coefficient (Wildman–Crippen LogP) is 4.43. The molecule has 37 heavy (non-hydrogen) atoms. The first-order chi connectivity index (χ1) is 17.3. The molecule has 0 heterocycles. The Morgan fingerprint density at radius 1 is 0.919 bits per heavy atom. The highest BCUT2D eigenvalue weighted by Crippen LogP contribution is 2.76. The van der Waals surface area contributed by atoms with Crippen LogP contribution in [0.1, 0.15) is 86.0 Å². The molecule has 11 atom stereocenters. The summed E-state index contributed by atoms with van der Waals surface area (Å²) >= 11 is 0. The van der Waals surface area contributed by atoms with Crippen LogP contribution < -0.4 is 0 Å². The van der Waals surface area contributed by atoms with Gasteiger partial charge in [-0.2, -0.15) is 0 Å². The highest BCUT2D eigenvalue weighted by atomic mass is 16.3. The molecule has 5 heteroatoms. The van der Waals surface area contributed by atoms with Gasteiger partial charge in [0.15, 0.2) is 5.78 Å². The van der Waals surface area contributed by atoms with E-state index in [4.69, 9.17) is 0 Å². The molecule has 0 aromatic rings. The summed E-state index contributed by atoms with van der Waals surface area (Å²) < 4.78 is 0. The summed E-state index contributed by atoms with van der Waals surface area (Å²) in [6.45, 7) is 11.3. The standard InChI is InChI=1S/C32H48O5/c1-27(2)11-12-31(17-33)21(15-27)20-14-22(35)26-28(3,29(20,4)16-25(31)37)10-8-23-30(26,5)19-7-6-9-32(23,18-34)24(36)13-19/h6-7,14,19,21,23-26,33-34,36-37H,8-13,15-18H2,1-5H3/t19-,21-,23+,24+,25+,26+,28-,29-,30+,31-,32+/m1/s1. The molecule has 0 saturated heterocycles. The second-order valence-electron chi connectivity index (χ2n) is 15.6. The topological polar surface area (TPSA) is 98.0 Å². The Kier molecular flexibility index (Phi) is 5.53. The molecule has 0 aromatic carbocycles. The van der Waals surface area contributed by atoms with E-state index in [9.17, 15) is 25.2 Å². The molecular formula is C32H48O5. The van der Waals surface area contributed by atoms with E-state index >= 15 is 0 Å². The van der Waals surface area contributed by atoms with Crippen LogP contribution in [0, 0.1) is 56.2 Å². The summed E-state index contributed by atoms with van der Waals surface area (Å²) in [5, 5.41) is 44.5. The number of aliphatic hydroxyl groups excluding tert-OH is 4. The molecule has 4 fully saturated rings. The zero-order chi connectivity index (χ0) is 26.8. The quantitative estimate of drug-likeness (QED) is 0.411. The highest BCUT2D eigenvalue weighted by Gasteiger charge is 2.74. The lowest BCUT2D eigenvalue weighted by molar-refractivity contribution is -0.235. The lowest BCUT2D eigenvalue weighted by Gasteiger charge is -2.72. The molecule has 5 nitrogen and oxygen atoms in total. The molecule has 2 bridgehead atoms. The van der Waals surface area contributed by atoms with Crippen LogP contribution in [0.5, 0.6) is 0 Å². The van der Waals surface area contributed by atoms with E-state index in [1.54, 1.807) is 0 Å². The molecule has 0 unspecified atom stereocenters. The van der Waals surface area contributed by atoms with Crippen LogP contribution in [0.2, 0.25) is 0 Å². The molecule has 7 rings (SSSR count). The molecular weight excluding hydrogens is 464 g/mol. The van der Waals surface area contributed by atoms with Gasteiger partial charge >= 0.3 is 0 Å². The number of hydrogen-bond acceptors (Lipinski definition) is 5. The lowest BCUT2D eigenvalue weighted by Crippen LogP contribution is -2.70. The van der Waals surface area contributed by atoms with Crippen molar-refractivity contribution in [1.29, 1.82) is 0 Å². The van der Waals surface area contributed by atoms with E-state index in [1.807, 2.05) is 6.08 Å². The van der Waals surface area contributed by atoms with Crippen molar-refractivity contribution in [2.24, 2.45) is 56.2 Å². The number of carbonyl (C=O) groups excluding carboxylic acids is 1. The minimum Gasteiger partial charge on any atom is -0.396 e. The predicted molar refractivity (Wildman–Crippen MR) is 142 cm³/mol. The Labute approximate surface area is 222 Å². The van der Waals surface area contributed by atoms with E-state index < -0.39 is 23.0 Å². The Morgan fingerprint density at radius 3 is 2.30 bits per heavy atom. The number of aliphatic hydroxyl groups is 4. The number of ketones is 1. The normalized spacial score (nSPS) is 55.9. The van der Waals surface area contributed by atoms with Crippen molar-refractivity contribution >= 4 is 5.78 Å². The van der Waals surface area contributed by atoms with Crippen LogP contribution in [-0.2, 0) is 4.79 Å². The molecule has 0 amide bonds. The summed E-state index contributed by atoms with van der Waals surface area (Å²) in [6.07, 6.45) is 11.3. The van der Waals surface area contributed by atoms with Gasteiger partial charge in [-0.15, -0.1) is 0 Å². The second-order valence-corrected chi connectivity index (χ2v) is 15.6. The van der Waals surface area contributed by atoms with Gasteiger partial charge in [-0.05, 0) is 96.9 Å². The number of allylic oxidation sites excluding steroid dienone is 4. The number of rotatable bonds is 2. The summed E-state index contributed by atoms with van der Waals surface area (Å²) in [5.41, 5.74) is -0.957. The van der Waals surface area contributed by atoms with Crippen LogP contribution in [0.15, 0.2) is 23.8 Å². The van der Waals surface area contributed by atoms with E-state index in [0.717, 1.165) is 32.1 Å². The first-order valence-corrected chi connectivity index (χ1v) is 14.8. The van der Waals surface area contributed by atoms with Gasteiger partial charge in [0, 0.05) is 16.7 Å². The summed E-state index contributed by atoms with van der Waals surface area (Å²) in [5.74, 6) is 0.105. The molecule has 7 aliphatic carbocycles. The fourth-order valence-corrected chi connectivity index (χ4v) is 11.5. The van der Waals surface area contributed by atoms with Crippen molar-refractivity contribution in [2.45, 2.75) is 98.2 Å². The van der Waals surface area contributed by atoms with Gasteiger partial charge in [-0.1, -0.05) is 52.3 Å². The van der Waals surface area contributed by atoms with Crippen molar-refractivity contribution in [2.75, 3.05) is 13.2 Å². The van der Waals surface area contributed by atoms with E-state index in [-0.39, 0.29) is 64.3 Å². The molecule has 0 radical (unpaired) electrons. The van der Waals surface area contributed by atoms with Crippen LogP contribution in [0.3, 0.4) is 0 Å². The second kappa shape index (κ2) is 7.80. The Balaban J connectivity index is 1.53. The van der Waals surface area contributed by atoms with E-state index in [2.05, 4.69) is 46.8 Å². The van der Waals surface area contributed by atoms with Crippen molar-refractivity contribution in [1.82, 2.24) is 0 Å². The Hall–Kier alpha value is -1.01. The molecule has 7 aliphatic rings. The first kappa shape index (κ1) is 26.2. The number of hydrogen-bond donors (Lipinski definition) is 4. The largest absolute Gasteiger partial charge is 0.396 e. The fourth-order valence-electron chi connectivity index (χ4n) is 11.5. The van der Waals surface area contributed by atoms with Crippen LogP contribution in [0.25, 0.3) is 0 Å². The minimum atomic E-state index is -0.604. The van der Waals surface area contributed by atoms with Crippen molar-refractivity contribution in [3.63, 3.8) is 0 Å². The molecule has 0 aliphatic heterocycles. The van der Waals surface area contributed by atoms with Gasteiger partial charge in [0.25, 0.3) is 0 Å². The molecule has 4 saturated carbocycles. The van der Waals surface area contributed by atoms with Gasteiger partial charge in [0.1, 0.15) is 0 Å². The Morgan fingerprint density at radius 2 is 1.62 bits per heavy atom. The third-order valence-corrected chi connectivity index (χ3v) is 13.9. The van der Waals surface area contributed by atoms with Gasteiger partial charge in [-0.3, -0.25) is 4.79 Å². The van der Waals surface area contributed by atoms with Crippen molar-refractivity contribution < 1.29 is 25.2 Å². The molecule has 0 spiro atoms. The minimum absolute atomic E-state index is 0.00154. The number of carbonyl (C=O) groups is 1. The zero-order valence-electron chi connectivity index (χ0n) is 23.5. The summed E-state index contributed by atoms with van der Waals surface area (Å²) in [7, 11) is 0. The molecule has 206 valence electrons. The average Bonchev–Trinajstić information content (AvgIpc) is 3.07. The molecule has 4 N–H and O–H groups in total. The van der Waals surface area contributed by atoms with Crippen LogP contribution >= 0.6 is 0 Å². The zero-order valence-corrected chi connectivity index (χ0v) is 23.5. The fraction of sp³-hybridized carbons (Fsp3) is 0.844. The van der Waals surface area contributed by atoms with E-state index in [1.165, 1.54) is 5.57 Å². The maximum Gasteiger partial charge on any atom is 0.159 e. The van der Waals surface area contributed by atoms with Gasteiger partial charge in [0.05, 0.1) is 25.4 Å². The average molecular weight is 513 g/mol. The smallest absolute Gasteiger partial charge is 0.159 e. The maximum atomic E-state index is 14.5. The Bertz CT molecular complexity index is 1060. The van der Waals surface area contributed by atoms with E-state index in [0.29, 0.717) is 19.3 Å². The lowest BCUT2D eigenvalue weighted by atomic mass is 9.32. The first-order valence-electron chi connectivity index (χ1n) is 14.8. The number of fused-ring (bicyclic) bond motifs is 7. The SMILES string of the molecule is CC1(C)CC[C@@]2(CO)[C@H](C1)C1=CC(=O)[C@@H]3[C@@]4(C)[C@@H]5C=CC[C@](CO)([C@H]4CC[C@@]3(C)[C@]1(C)C[C@@H]2O)[C@@H](O)C5. The van der Waals surface area contributed by atoms with Crippen molar-refractivity contribution in [3.05, 3.63) is 23.8 Å². The molecule has 0 aromatic heterocycles. The van der Waals surface area contributed by atoms with Crippen molar-refractivity contribution in [3.8, 4) is 0 Å². The van der Waals surface area contributed by atoms with Crippen LogP contribution in [0.4, 0.5) is 0 Å². The summed E-state index contributed by atoms with van der Waals surface area (Å²) in [6, 6.07) is 0. The summed E-state index contributed by atoms with van der Waals surface area (Å²) in [4.78, 5) is 14.5. The maximum absolute atomic E-state index is 14.5. The van der Waals surface area contributed by atoms with Gasteiger partial charge < -0.3 is 20.4 Å². The van der Waals surface area contributed by atoms with Gasteiger partial charge in [0.2, 0.25) is 0 Å². The van der Waals surface area contributed by atoms with Gasteiger partial charge in [-0.25, -0.2) is 0 Å². The monoisotopic (exact) mass is 512 g/mol. The third kappa shape index (κ3) is 2.93. The third-order valence-electron chi connectivity index (χ3n) is 13.9.